The number of aromatic amines is 1. The summed E-state index contributed by atoms with van der Waals surface area (Å²) in [6.07, 6.45) is 3.27. The van der Waals surface area contributed by atoms with Crippen LogP contribution in [0.15, 0.2) is 34.0 Å². The zero-order chi connectivity index (χ0) is 11.4. The van der Waals surface area contributed by atoms with Crippen LogP contribution in [0.25, 0.3) is 0 Å². The van der Waals surface area contributed by atoms with Crippen LogP contribution in [0.5, 0.6) is 0 Å². The number of carbonyl (C=O) groups is 1. The first-order chi connectivity index (χ1) is 7.75. The number of carbonyl (C=O) groups excluding carboxylic acids is 1. The molecule has 0 atom stereocenters. The van der Waals surface area contributed by atoms with E-state index in [9.17, 15) is 4.79 Å². The number of nitrogens with one attached hydrogen (secondary N) is 2. The molecule has 82 valence electrons. The number of amides is 1. The van der Waals surface area contributed by atoms with Gasteiger partial charge in [0, 0.05) is 12.3 Å². The fraction of sp³-hybridized carbons (Fsp3) is 0.100. The van der Waals surface area contributed by atoms with Gasteiger partial charge in [0.1, 0.15) is 5.76 Å². The molecule has 0 saturated heterocycles. The fourth-order valence-corrected chi connectivity index (χ4v) is 1.12. The molecule has 0 bridgehead atoms. The van der Waals surface area contributed by atoms with Gasteiger partial charge in [0.15, 0.2) is 5.69 Å². The maximum atomic E-state index is 11.4. The molecule has 0 spiro atoms. The molecule has 2 heterocycles. The van der Waals surface area contributed by atoms with Gasteiger partial charge in [-0.2, -0.15) is 5.10 Å². The molecule has 0 unspecified atom stereocenters. The van der Waals surface area contributed by atoms with Crippen LogP contribution in [0, 0.1) is 6.92 Å². The van der Waals surface area contributed by atoms with Crippen LogP contribution < -0.4 is 5.43 Å². The van der Waals surface area contributed by atoms with Crippen LogP contribution in [0.3, 0.4) is 0 Å². The molecule has 0 aliphatic heterocycles. The minimum absolute atomic E-state index is 0.209. The summed E-state index contributed by atoms with van der Waals surface area (Å²) in [6.45, 7) is 1.71. The molecule has 16 heavy (non-hydrogen) atoms. The van der Waals surface area contributed by atoms with Gasteiger partial charge in [-0.05, 0) is 19.1 Å². The highest BCUT2D eigenvalue weighted by Crippen LogP contribution is 2.00. The zero-order valence-corrected chi connectivity index (χ0v) is 8.60. The molecular formula is C10H10N4O2. The van der Waals surface area contributed by atoms with Crippen LogP contribution in [-0.2, 0) is 0 Å². The molecule has 1 amide bonds. The number of aryl methyl sites for hydroxylation is 1. The quantitative estimate of drug-likeness (QED) is 0.597. The monoisotopic (exact) mass is 218 g/mol. The molecule has 0 aromatic carbocycles. The Morgan fingerprint density at radius 3 is 3.19 bits per heavy atom. The maximum Gasteiger partial charge on any atom is 0.293 e. The highest BCUT2D eigenvalue weighted by Gasteiger charge is 2.08. The molecule has 0 saturated carbocycles. The van der Waals surface area contributed by atoms with Gasteiger partial charge in [-0.1, -0.05) is 5.16 Å². The summed E-state index contributed by atoms with van der Waals surface area (Å²) in [7, 11) is 0. The van der Waals surface area contributed by atoms with Crippen molar-refractivity contribution in [3.63, 3.8) is 0 Å². The van der Waals surface area contributed by atoms with Crippen LogP contribution >= 0.6 is 0 Å². The summed E-state index contributed by atoms with van der Waals surface area (Å²) in [6, 6.07) is 5.21. The van der Waals surface area contributed by atoms with E-state index in [1.165, 1.54) is 6.21 Å². The Bertz CT molecular complexity index is 499. The summed E-state index contributed by atoms with van der Waals surface area (Å²) in [5, 5.41) is 7.32. The number of aromatic nitrogens is 2. The van der Waals surface area contributed by atoms with Crippen molar-refractivity contribution in [2.24, 2.45) is 5.10 Å². The number of hydrogen-bond acceptors (Lipinski definition) is 4. The van der Waals surface area contributed by atoms with Gasteiger partial charge in [0.2, 0.25) is 0 Å². The minimum Gasteiger partial charge on any atom is -0.361 e. The number of nitrogens with zero attached hydrogens (tertiary/aromatic N) is 2. The summed E-state index contributed by atoms with van der Waals surface area (Å²) in [4.78, 5) is 14.3. The molecule has 6 nitrogen and oxygen atoms in total. The predicted molar refractivity (Wildman–Crippen MR) is 57.1 cm³/mol. The Morgan fingerprint density at radius 1 is 1.69 bits per heavy atom. The van der Waals surface area contributed by atoms with Crippen molar-refractivity contribution in [3.05, 3.63) is 41.5 Å². The molecule has 0 aliphatic rings. The van der Waals surface area contributed by atoms with Crippen molar-refractivity contribution in [1.29, 1.82) is 0 Å². The van der Waals surface area contributed by atoms with Crippen LogP contribution in [-0.4, -0.2) is 22.3 Å². The van der Waals surface area contributed by atoms with E-state index in [1.54, 1.807) is 19.2 Å². The van der Waals surface area contributed by atoms with Crippen LogP contribution in [0.1, 0.15) is 21.9 Å². The predicted octanol–water partition coefficient (Wildman–Crippen LogP) is 1.08. The molecule has 0 aliphatic carbocycles. The lowest BCUT2D eigenvalue weighted by atomic mass is 10.4. The van der Waals surface area contributed by atoms with Gasteiger partial charge in [0.05, 0.1) is 11.9 Å². The average molecular weight is 218 g/mol. The normalized spacial score (nSPS) is 10.8. The van der Waals surface area contributed by atoms with E-state index < -0.39 is 5.91 Å². The largest absolute Gasteiger partial charge is 0.361 e. The van der Waals surface area contributed by atoms with Crippen molar-refractivity contribution in [1.82, 2.24) is 15.6 Å². The first kappa shape index (κ1) is 10.2. The highest BCUT2D eigenvalue weighted by molar-refractivity contribution is 5.92. The van der Waals surface area contributed by atoms with Gasteiger partial charge < -0.3 is 9.51 Å². The van der Waals surface area contributed by atoms with E-state index in [-0.39, 0.29) is 5.69 Å². The molecular weight excluding hydrogens is 208 g/mol. The third kappa shape index (κ3) is 2.35. The second-order valence-electron chi connectivity index (χ2n) is 3.15. The summed E-state index contributed by atoms with van der Waals surface area (Å²) < 4.78 is 4.77. The second kappa shape index (κ2) is 4.43. The van der Waals surface area contributed by atoms with E-state index in [2.05, 4.69) is 20.7 Å². The lowest BCUT2D eigenvalue weighted by molar-refractivity contribution is 0.0946. The minimum atomic E-state index is -0.403. The van der Waals surface area contributed by atoms with E-state index in [0.717, 1.165) is 5.69 Å². The molecule has 0 fully saturated rings. The maximum absolute atomic E-state index is 11.4. The molecule has 2 aromatic heterocycles. The van der Waals surface area contributed by atoms with Crippen molar-refractivity contribution < 1.29 is 9.32 Å². The topological polar surface area (TPSA) is 83.3 Å². The highest BCUT2D eigenvalue weighted by atomic mass is 16.5. The standard InChI is InChI=1S/C10H10N4O2/c1-7-5-9(14-16-7)10(15)13-12-6-8-3-2-4-11-8/h2-6,11H,1H3,(H,13,15)/b12-6-. The van der Waals surface area contributed by atoms with E-state index in [0.29, 0.717) is 5.76 Å². The molecule has 2 rings (SSSR count). The van der Waals surface area contributed by atoms with Crippen molar-refractivity contribution >= 4 is 12.1 Å². The van der Waals surface area contributed by atoms with E-state index in [1.807, 2.05) is 12.1 Å². The zero-order valence-electron chi connectivity index (χ0n) is 8.60. The third-order valence-electron chi connectivity index (χ3n) is 1.85. The lowest BCUT2D eigenvalue weighted by Gasteiger charge is -1.92. The fourth-order valence-electron chi connectivity index (χ4n) is 1.12. The van der Waals surface area contributed by atoms with Gasteiger partial charge in [0.25, 0.3) is 5.91 Å². The Morgan fingerprint density at radius 2 is 2.56 bits per heavy atom. The summed E-state index contributed by atoms with van der Waals surface area (Å²) in [5.74, 6) is 0.179. The molecule has 6 heteroatoms. The Labute approximate surface area is 91.3 Å². The number of rotatable bonds is 3. The van der Waals surface area contributed by atoms with Crippen LogP contribution in [0.4, 0.5) is 0 Å². The first-order valence-electron chi connectivity index (χ1n) is 4.66. The molecule has 0 radical (unpaired) electrons. The van der Waals surface area contributed by atoms with Crippen LogP contribution in [0.2, 0.25) is 0 Å². The Balaban J connectivity index is 1.94. The number of H-pyrrole nitrogens is 1. The van der Waals surface area contributed by atoms with Gasteiger partial charge in [-0.25, -0.2) is 5.43 Å². The van der Waals surface area contributed by atoms with Crippen molar-refractivity contribution in [2.75, 3.05) is 0 Å². The smallest absolute Gasteiger partial charge is 0.293 e. The molecule has 2 aromatic rings. The summed E-state index contributed by atoms with van der Waals surface area (Å²) >= 11 is 0. The molecule has 2 N–H and O–H groups in total. The first-order valence-corrected chi connectivity index (χ1v) is 4.66. The number of hydrazone groups is 1. The van der Waals surface area contributed by atoms with Crippen molar-refractivity contribution in [3.8, 4) is 0 Å². The Hall–Kier alpha value is -2.37. The van der Waals surface area contributed by atoms with E-state index in [4.69, 9.17) is 4.52 Å². The number of hydrogen-bond donors (Lipinski definition) is 2. The SMILES string of the molecule is Cc1cc(C(=O)N/N=C\c2ccc[nH]2)no1. The summed E-state index contributed by atoms with van der Waals surface area (Å²) in [5.41, 5.74) is 3.35. The Kier molecular flexibility index (Phi) is 2.81. The van der Waals surface area contributed by atoms with Gasteiger partial charge in [-0.3, -0.25) is 4.79 Å². The third-order valence-corrected chi connectivity index (χ3v) is 1.85. The van der Waals surface area contributed by atoms with E-state index >= 15 is 0 Å². The average Bonchev–Trinajstić information content (AvgIpc) is 2.89. The van der Waals surface area contributed by atoms with Gasteiger partial charge >= 0.3 is 0 Å². The van der Waals surface area contributed by atoms with Crippen molar-refractivity contribution in [2.45, 2.75) is 6.92 Å². The second-order valence-corrected chi connectivity index (χ2v) is 3.15. The van der Waals surface area contributed by atoms with Gasteiger partial charge in [-0.15, -0.1) is 0 Å². The lowest BCUT2D eigenvalue weighted by Crippen LogP contribution is -2.17.